The van der Waals surface area contributed by atoms with Crippen molar-refractivity contribution >= 4 is 63.4 Å². The van der Waals surface area contributed by atoms with E-state index in [-0.39, 0.29) is 17.2 Å². The van der Waals surface area contributed by atoms with Gasteiger partial charge in [-0.3, -0.25) is 14.5 Å². The van der Waals surface area contributed by atoms with Crippen LogP contribution in [0.2, 0.25) is 5.02 Å². The zero-order chi connectivity index (χ0) is 20.0. The van der Waals surface area contributed by atoms with Crippen LogP contribution in [0.5, 0.6) is 0 Å². The summed E-state index contributed by atoms with van der Waals surface area (Å²) in [4.78, 5) is 33.7. The van der Waals surface area contributed by atoms with Crippen LogP contribution in [0.15, 0.2) is 43.8 Å². The van der Waals surface area contributed by atoms with E-state index in [1.807, 2.05) is 32.9 Å². The van der Waals surface area contributed by atoms with Gasteiger partial charge in [0.25, 0.3) is 11.1 Å². The first-order chi connectivity index (χ1) is 13.3. The van der Waals surface area contributed by atoms with Crippen LogP contribution in [-0.2, 0) is 4.79 Å². The van der Waals surface area contributed by atoms with E-state index in [1.54, 1.807) is 18.2 Å². The van der Waals surface area contributed by atoms with E-state index < -0.39 is 0 Å². The van der Waals surface area contributed by atoms with Crippen molar-refractivity contribution in [2.75, 3.05) is 0 Å². The van der Waals surface area contributed by atoms with E-state index in [0.717, 1.165) is 28.4 Å². The minimum Gasteiger partial charge on any atom is -0.450 e. The number of halogens is 1. The normalized spacial score (nSPS) is 16.3. The number of carbonyl (C=O) groups excluding carboxylic acids is 2. The van der Waals surface area contributed by atoms with Gasteiger partial charge in [-0.2, -0.15) is 0 Å². The largest absolute Gasteiger partial charge is 0.450 e. The van der Waals surface area contributed by atoms with Crippen molar-refractivity contribution in [3.8, 4) is 0 Å². The molecule has 1 aliphatic rings. The van der Waals surface area contributed by atoms with Crippen LogP contribution in [0.4, 0.5) is 4.79 Å². The zero-order valence-electron chi connectivity index (χ0n) is 15.3. The van der Waals surface area contributed by atoms with Gasteiger partial charge in [0.1, 0.15) is 5.76 Å². The molecule has 2 amide bonds. The highest BCUT2D eigenvalue weighted by Crippen LogP contribution is 2.35. The minimum absolute atomic E-state index is 0.175. The van der Waals surface area contributed by atoms with Gasteiger partial charge in [0, 0.05) is 17.1 Å². The molecule has 1 aliphatic heterocycles. The molecule has 1 aromatic carbocycles. The monoisotopic (exact) mass is 433 g/mol. The Morgan fingerprint density at radius 2 is 2.11 bits per heavy atom. The van der Waals surface area contributed by atoms with Crippen LogP contribution >= 0.6 is 35.1 Å². The highest BCUT2D eigenvalue weighted by atomic mass is 35.5. The van der Waals surface area contributed by atoms with Crippen molar-refractivity contribution < 1.29 is 14.0 Å². The third kappa shape index (κ3) is 3.59. The number of rotatable bonds is 4. The van der Waals surface area contributed by atoms with Gasteiger partial charge in [-0.15, -0.1) is 0 Å². The lowest BCUT2D eigenvalue weighted by Crippen LogP contribution is -2.34. The molecule has 6 nitrogen and oxygen atoms in total. The summed E-state index contributed by atoms with van der Waals surface area (Å²) < 4.78 is 5.78. The molecule has 144 valence electrons. The molecular formula is C19H16ClN3O3S2. The number of fused-ring (bicyclic) bond motifs is 1. The summed E-state index contributed by atoms with van der Waals surface area (Å²) in [5.41, 5.74) is 2.66. The fourth-order valence-corrected chi connectivity index (χ4v) is 4.65. The van der Waals surface area contributed by atoms with Gasteiger partial charge in [-0.1, -0.05) is 11.6 Å². The summed E-state index contributed by atoms with van der Waals surface area (Å²) in [6, 6.07) is 7.16. The Hall–Kier alpha value is -2.16. The fraction of sp³-hybridized carbons (Fsp3) is 0.211. The van der Waals surface area contributed by atoms with Gasteiger partial charge in [0.15, 0.2) is 10.2 Å². The first kappa shape index (κ1) is 19.2. The van der Waals surface area contributed by atoms with E-state index in [9.17, 15) is 9.59 Å². The number of aromatic nitrogens is 2. The average molecular weight is 434 g/mol. The fourth-order valence-electron chi connectivity index (χ4n) is 2.78. The van der Waals surface area contributed by atoms with Gasteiger partial charge >= 0.3 is 0 Å². The van der Waals surface area contributed by atoms with Crippen molar-refractivity contribution in [2.24, 2.45) is 0 Å². The maximum absolute atomic E-state index is 12.4. The van der Waals surface area contributed by atoms with Crippen LogP contribution in [0, 0.1) is 6.92 Å². The number of carbonyl (C=O) groups is 2. The lowest BCUT2D eigenvalue weighted by Gasteiger charge is -2.16. The van der Waals surface area contributed by atoms with Gasteiger partial charge in [-0.05, 0) is 74.1 Å². The number of aromatic amines is 1. The lowest BCUT2D eigenvalue weighted by atomic mass is 10.2. The second-order valence-corrected chi connectivity index (χ2v) is 8.96. The maximum atomic E-state index is 12.4. The Morgan fingerprint density at radius 1 is 1.32 bits per heavy atom. The second kappa shape index (κ2) is 7.35. The number of furan rings is 1. The molecule has 0 spiro atoms. The third-order valence-corrected chi connectivity index (χ3v) is 6.25. The lowest BCUT2D eigenvalue weighted by molar-refractivity contribution is -0.123. The van der Waals surface area contributed by atoms with Crippen molar-refractivity contribution in [2.45, 2.75) is 37.1 Å². The van der Waals surface area contributed by atoms with Gasteiger partial charge in [-0.25, -0.2) is 4.98 Å². The highest BCUT2D eigenvalue weighted by Gasteiger charge is 2.36. The number of imide groups is 1. The molecule has 1 fully saturated rings. The molecule has 0 bridgehead atoms. The van der Waals surface area contributed by atoms with Gasteiger partial charge in [0.2, 0.25) is 0 Å². The molecule has 0 unspecified atom stereocenters. The Bertz CT molecular complexity index is 1090. The van der Waals surface area contributed by atoms with E-state index in [1.165, 1.54) is 16.7 Å². The number of hydrogen-bond donors (Lipinski definition) is 1. The molecule has 28 heavy (non-hydrogen) atoms. The summed E-state index contributed by atoms with van der Waals surface area (Å²) in [5, 5.41) is 1.71. The number of thioether (sulfide) groups is 1. The Kier molecular flexibility index (Phi) is 5.03. The minimum atomic E-state index is -0.292. The molecule has 3 aromatic rings. The number of amides is 2. The van der Waals surface area contributed by atoms with Crippen molar-refractivity contribution in [1.29, 1.82) is 0 Å². The Labute approximate surface area is 174 Å². The number of nitrogens with zero attached hydrogens (tertiary/aromatic N) is 2. The van der Waals surface area contributed by atoms with Crippen molar-refractivity contribution in [1.82, 2.24) is 14.9 Å². The van der Waals surface area contributed by atoms with Gasteiger partial charge < -0.3 is 9.40 Å². The van der Waals surface area contributed by atoms with Gasteiger partial charge in [0.05, 0.1) is 15.9 Å². The smallest absolute Gasteiger partial charge is 0.293 e. The number of imidazole rings is 1. The zero-order valence-corrected chi connectivity index (χ0v) is 17.7. The van der Waals surface area contributed by atoms with Crippen LogP contribution in [0.1, 0.15) is 25.2 Å². The number of aryl methyl sites for hydroxylation is 1. The predicted molar refractivity (Wildman–Crippen MR) is 112 cm³/mol. The number of nitrogens with one attached hydrogen (secondary N) is 1. The van der Waals surface area contributed by atoms with Crippen LogP contribution < -0.4 is 0 Å². The molecule has 0 atom stereocenters. The van der Waals surface area contributed by atoms with Crippen LogP contribution in [-0.4, -0.2) is 32.1 Å². The molecule has 3 heterocycles. The molecule has 0 aliphatic carbocycles. The third-order valence-electron chi connectivity index (χ3n) is 4.15. The summed E-state index contributed by atoms with van der Waals surface area (Å²) in [7, 11) is 0. The molecule has 0 radical (unpaired) electrons. The molecule has 4 rings (SSSR count). The molecule has 0 saturated carbocycles. The molecular weight excluding hydrogens is 418 g/mol. The summed E-state index contributed by atoms with van der Waals surface area (Å²) >= 11 is 8.41. The standard InChI is InChI=1S/C19H16ClN3O3S2/c1-9(2)23-17(24)15(27-19(23)25)7-11-4-5-16(26-11)28-18-21-13-6-10(3)12(20)8-14(13)22-18/h4-9H,1-3H3,(H,21,22)/b15-7-. The summed E-state index contributed by atoms with van der Waals surface area (Å²) in [6.07, 6.45) is 1.60. The van der Waals surface area contributed by atoms with E-state index in [0.29, 0.717) is 25.9 Å². The summed E-state index contributed by atoms with van der Waals surface area (Å²) in [6.45, 7) is 5.56. The van der Waals surface area contributed by atoms with E-state index in [2.05, 4.69) is 9.97 Å². The van der Waals surface area contributed by atoms with Crippen LogP contribution in [0.3, 0.4) is 0 Å². The van der Waals surface area contributed by atoms with E-state index >= 15 is 0 Å². The average Bonchev–Trinajstić information content (AvgIpc) is 3.27. The molecule has 1 saturated heterocycles. The number of benzene rings is 1. The first-order valence-electron chi connectivity index (χ1n) is 8.52. The van der Waals surface area contributed by atoms with Crippen molar-refractivity contribution in [3.63, 3.8) is 0 Å². The molecule has 2 aromatic heterocycles. The Balaban J connectivity index is 1.54. The second-order valence-electron chi connectivity index (χ2n) is 6.56. The number of hydrogen-bond acceptors (Lipinski definition) is 6. The maximum Gasteiger partial charge on any atom is 0.293 e. The first-order valence-corrected chi connectivity index (χ1v) is 10.5. The Morgan fingerprint density at radius 3 is 2.82 bits per heavy atom. The molecule has 9 heteroatoms. The van der Waals surface area contributed by atoms with Crippen LogP contribution in [0.25, 0.3) is 17.1 Å². The highest BCUT2D eigenvalue weighted by molar-refractivity contribution is 8.18. The topological polar surface area (TPSA) is 79.2 Å². The van der Waals surface area contributed by atoms with Crippen molar-refractivity contribution in [3.05, 3.63) is 45.5 Å². The molecule has 1 N–H and O–H groups in total. The quantitative estimate of drug-likeness (QED) is 0.530. The summed E-state index contributed by atoms with van der Waals surface area (Å²) in [5.74, 6) is 0.215. The SMILES string of the molecule is Cc1cc2[nH]c(Sc3ccc(/C=C4\SC(=O)N(C(C)C)C4=O)o3)nc2cc1Cl. The number of H-pyrrole nitrogens is 1. The predicted octanol–water partition coefficient (Wildman–Crippen LogP) is 5.71. The van der Waals surface area contributed by atoms with E-state index in [4.69, 9.17) is 16.0 Å².